The molecule has 30 heavy (non-hydrogen) atoms. The largest absolute Gasteiger partial charge is 0.419 e. The standard InChI is InChI=1S/C18H12BrF5N4O2/c19-10-2-1-9-13(14(10)21)17(3-11(17)20)7-28(15(9)30)6-12(29)27-16-25-4-8(5-26-16)18(22,23)24/h1-2,4-5,11H,3,6-7H2,(H,25,26,27,29)/t11-,17+/m0/s1. The fraction of sp³-hybridized carbons (Fsp3) is 0.333. The van der Waals surface area contributed by atoms with E-state index in [2.05, 4.69) is 31.2 Å². The van der Waals surface area contributed by atoms with Crippen molar-refractivity contribution < 1.29 is 31.5 Å². The highest BCUT2D eigenvalue weighted by atomic mass is 79.9. The van der Waals surface area contributed by atoms with E-state index in [-0.39, 0.29) is 34.5 Å². The van der Waals surface area contributed by atoms with Crippen LogP contribution in [-0.4, -0.2) is 45.9 Å². The van der Waals surface area contributed by atoms with Gasteiger partial charge in [-0.3, -0.25) is 14.9 Å². The lowest BCUT2D eigenvalue weighted by atomic mass is 9.85. The maximum Gasteiger partial charge on any atom is 0.419 e. The summed E-state index contributed by atoms with van der Waals surface area (Å²) < 4.78 is 66.6. The number of hydrogen-bond donors (Lipinski definition) is 1. The van der Waals surface area contributed by atoms with Crippen LogP contribution in [0.4, 0.5) is 27.9 Å². The van der Waals surface area contributed by atoms with Crippen LogP contribution >= 0.6 is 15.9 Å². The van der Waals surface area contributed by atoms with Crippen molar-refractivity contribution in [2.75, 3.05) is 18.4 Å². The fourth-order valence-corrected chi connectivity index (χ4v) is 3.90. The number of anilines is 1. The average molecular weight is 491 g/mol. The molecule has 1 aromatic carbocycles. The van der Waals surface area contributed by atoms with Crippen molar-refractivity contribution in [1.29, 1.82) is 0 Å². The number of rotatable bonds is 3. The summed E-state index contributed by atoms with van der Waals surface area (Å²) in [4.78, 5) is 32.9. The highest BCUT2D eigenvalue weighted by Gasteiger charge is 2.62. The van der Waals surface area contributed by atoms with Crippen LogP contribution < -0.4 is 5.32 Å². The lowest BCUT2D eigenvalue weighted by molar-refractivity contribution is -0.138. The molecule has 1 N–H and O–H groups in total. The van der Waals surface area contributed by atoms with Crippen LogP contribution in [0, 0.1) is 5.82 Å². The number of fused-ring (bicyclic) bond motifs is 2. The summed E-state index contributed by atoms with van der Waals surface area (Å²) in [7, 11) is 0. The Labute approximate surface area is 174 Å². The van der Waals surface area contributed by atoms with Crippen molar-refractivity contribution in [3.8, 4) is 0 Å². The molecule has 4 rings (SSSR count). The predicted octanol–water partition coefficient (Wildman–Crippen LogP) is 3.47. The van der Waals surface area contributed by atoms with Gasteiger partial charge < -0.3 is 4.90 Å². The number of halogens is 6. The van der Waals surface area contributed by atoms with Crippen LogP contribution in [0.15, 0.2) is 29.0 Å². The molecule has 1 spiro atoms. The monoisotopic (exact) mass is 490 g/mol. The molecule has 1 aliphatic heterocycles. The first kappa shape index (κ1) is 20.6. The van der Waals surface area contributed by atoms with E-state index < -0.39 is 47.5 Å². The van der Waals surface area contributed by atoms with Crippen molar-refractivity contribution in [1.82, 2.24) is 14.9 Å². The van der Waals surface area contributed by atoms with Crippen LogP contribution in [0.2, 0.25) is 0 Å². The number of aromatic nitrogens is 2. The summed E-state index contributed by atoms with van der Waals surface area (Å²) in [5.74, 6) is -2.51. The van der Waals surface area contributed by atoms with Gasteiger partial charge in [-0.2, -0.15) is 13.2 Å². The Morgan fingerprint density at radius 3 is 2.50 bits per heavy atom. The van der Waals surface area contributed by atoms with Crippen LogP contribution in [0.3, 0.4) is 0 Å². The van der Waals surface area contributed by atoms with Crippen molar-refractivity contribution in [3.63, 3.8) is 0 Å². The minimum absolute atomic E-state index is 0.00268. The molecule has 0 saturated heterocycles. The number of benzene rings is 1. The topological polar surface area (TPSA) is 75.2 Å². The Morgan fingerprint density at radius 2 is 1.93 bits per heavy atom. The number of hydrogen-bond acceptors (Lipinski definition) is 4. The highest BCUT2D eigenvalue weighted by molar-refractivity contribution is 9.10. The molecule has 1 aliphatic carbocycles. The minimum Gasteiger partial charge on any atom is -0.328 e. The van der Waals surface area contributed by atoms with Gasteiger partial charge in [0.1, 0.15) is 18.5 Å². The van der Waals surface area contributed by atoms with Crippen LogP contribution in [0.25, 0.3) is 0 Å². The Balaban J connectivity index is 1.52. The molecule has 2 heterocycles. The smallest absolute Gasteiger partial charge is 0.328 e. The van der Waals surface area contributed by atoms with Crippen molar-refractivity contribution >= 4 is 33.7 Å². The van der Waals surface area contributed by atoms with Gasteiger partial charge in [0.2, 0.25) is 11.9 Å². The van der Waals surface area contributed by atoms with Crippen LogP contribution in [0.5, 0.6) is 0 Å². The number of carbonyl (C=O) groups excluding carboxylic acids is 2. The number of carbonyl (C=O) groups is 2. The Kier molecular flexibility index (Phi) is 4.79. The molecule has 12 heteroatoms. The molecule has 2 aromatic rings. The maximum atomic E-state index is 14.6. The molecule has 1 saturated carbocycles. The van der Waals surface area contributed by atoms with E-state index in [1.54, 1.807) is 0 Å². The first-order valence-corrected chi connectivity index (χ1v) is 9.43. The Hall–Kier alpha value is -2.63. The maximum absolute atomic E-state index is 14.6. The van der Waals surface area contributed by atoms with Gasteiger partial charge in [0.15, 0.2) is 0 Å². The molecule has 2 atom stereocenters. The van der Waals surface area contributed by atoms with Crippen LogP contribution in [-0.2, 0) is 16.4 Å². The number of alkyl halides is 4. The molecule has 2 amide bonds. The summed E-state index contributed by atoms with van der Waals surface area (Å²) in [6, 6.07) is 2.69. The molecule has 1 aromatic heterocycles. The van der Waals surface area contributed by atoms with E-state index in [1.807, 2.05) is 0 Å². The van der Waals surface area contributed by atoms with E-state index in [4.69, 9.17) is 0 Å². The third-order valence-corrected chi connectivity index (χ3v) is 5.74. The molecule has 158 valence electrons. The second-order valence-corrected chi connectivity index (χ2v) is 7.97. The zero-order chi connectivity index (χ0) is 21.8. The van der Waals surface area contributed by atoms with Gasteiger partial charge in [0.25, 0.3) is 5.91 Å². The molecule has 0 bridgehead atoms. The quantitative estimate of drug-likeness (QED) is 0.668. The van der Waals surface area contributed by atoms with E-state index >= 15 is 0 Å². The summed E-state index contributed by atoms with van der Waals surface area (Å²) in [6.45, 7) is -0.719. The summed E-state index contributed by atoms with van der Waals surface area (Å²) in [5.41, 5.74) is -2.33. The van der Waals surface area contributed by atoms with Crippen molar-refractivity contribution in [2.45, 2.75) is 24.2 Å². The second-order valence-electron chi connectivity index (χ2n) is 7.11. The molecule has 0 radical (unpaired) electrons. The lowest BCUT2D eigenvalue weighted by Crippen LogP contribution is -2.48. The van der Waals surface area contributed by atoms with Gasteiger partial charge in [-0.15, -0.1) is 0 Å². The predicted molar refractivity (Wildman–Crippen MR) is 96.9 cm³/mol. The van der Waals surface area contributed by atoms with Crippen molar-refractivity contribution in [2.24, 2.45) is 0 Å². The van der Waals surface area contributed by atoms with E-state index in [0.717, 1.165) is 4.90 Å². The van der Waals surface area contributed by atoms with E-state index in [0.29, 0.717) is 12.4 Å². The second kappa shape index (κ2) is 6.96. The van der Waals surface area contributed by atoms with Gasteiger partial charge >= 0.3 is 6.18 Å². The third kappa shape index (κ3) is 3.42. The van der Waals surface area contributed by atoms with E-state index in [9.17, 15) is 31.5 Å². The number of amides is 2. The summed E-state index contributed by atoms with van der Waals surface area (Å²) in [5, 5.41) is 2.19. The average Bonchev–Trinajstić information content (AvgIpc) is 3.30. The Morgan fingerprint density at radius 1 is 1.30 bits per heavy atom. The molecular weight excluding hydrogens is 479 g/mol. The minimum atomic E-state index is -4.62. The van der Waals surface area contributed by atoms with Gasteiger partial charge in [-0.05, 0) is 34.5 Å². The molecule has 6 nitrogen and oxygen atoms in total. The highest BCUT2D eigenvalue weighted by Crippen LogP contribution is 2.55. The van der Waals surface area contributed by atoms with Gasteiger partial charge in [-0.1, -0.05) is 0 Å². The first-order valence-electron chi connectivity index (χ1n) is 8.64. The lowest BCUT2D eigenvalue weighted by Gasteiger charge is -2.34. The van der Waals surface area contributed by atoms with Gasteiger partial charge in [0, 0.05) is 30.1 Å². The van der Waals surface area contributed by atoms with Gasteiger partial charge in [0.05, 0.1) is 15.5 Å². The first-order chi connectivity index (χ1) is 14.0. The molecular formula is C18H12BrF5N4O2. The molecule has 0 unspecified atom stereocenters. The summed E-state index contributed by atoms with van der Waals surface area (Å²) >= 11 is 3.03. The SMILES string of the molecule is O=C(CN1C[C@@]2(C[C@@H]2F)c2c(ccc(Br)c2F)C1=O)Nc1ncc(C(F)(F)F)cn1. The molecule has 2 aliphatic rings. The summed E-state index contributed by atoms with van der Waals surface area (Å²) in [6.07, 6.45) is -4.95. The zero-order valence-corrected chi connectivity index (χ0v) is 16.5. The van der Waals surface area contributed by atoms with E-state index in [1.165, 1.54) is 12.1 Å². The Bertz CT molecular complexity index is 1050. The number of nitrogens with zero attached hydrogens (tertiary/aromatic N) is 3. The normalized spacial score (nSPS) is 22.8. The molecule has 1 fully saturated rings. The van der Waals surface area contributed by atoms with Crippen molar-refractivity contribution in [3.05, 3.63) is 51.5 Å². The zero-order valence-electron chi connectivity index (χ0n) is 14.9. The van der Waals surface area contributed by atoms with Gasteiger partial charge in [-0.25, -0.2) is 18.7 Å². The number of nitrogens with one attached hydrogen (secondary N) is 1. The third-order valence-electron chi connectivity index (χ3n) is 5.13. The fourth-order valence-electron chi connectivity index (χ4n) is 3.56. The van der Waals surface area contributed by atoms with Crippen LogP contribution in [0.1, 0.15) is 27.9 Å².